The lowest BCUT2D eigenvalue weighted by Gasteiger charge is -2.26. The van der Waals surface area contributed by atoms with Crippen LogP contribution < -0.4 is 4.90 Å². The number of aryl methyl sites for hydroxylation is 2. The topological polar surface area (TPSA) is 82.4 Å². The molecule has 0 bridgehead atoms. The first-order chi connectivity index (χ1) is 17.6. The zero-order valence-electron chi connectivity index (χ0n) is 19.5. The van der Waals surface area contributed by atoms with E-state index in [2.05, 4.69) is 103 Å². The predicted molar refractivity (Wildman–Crippen MR) is 144 cm³/mol. The van der Waals surface area contributed by atoms with E-state index in [1.807, 2.05) is 12.1 Å². The third-order valence-corrected chi connectivity index (χ3v) is 6.22. The van der Waals surface area contributed by atoms with E-state index in [0.29, 0.717) is 22.4 Å². The number of amidine groups is 1. The Morgan fingerprint density at radius 2 is 1.39 bits per heavy atom. The molecule has 0 spiro atoms. The Morgan fingerprint density at radius 3 is 1.92 bits per heavy atom. The number of nitrogens with zero attached hydrogens (tertiary/aromatic N) is 7. The van der Waals surface area contributed by atoms with Gasteiger partial charge in [-0.3, -0.25) is 0 Å². The van der Waals surface area contributed by atoms with Crippen LogP contribution in [0.5, 0.6) is 0 Å². The van der Waals surface area contributed by atoms with Crippen LogP contribution in [0, 0.1) is 31.8 Å². The first kappa shape index (κ1) is 22.9. The quantitative estimate of drug-likeness (QED) is 0.148. The van der Waals surface area contributed by atoms with Gasteiger partial charge in [-0.2, -0.15) is 8.75 Å². The molecule has 2 heterocycles. The summed E-state index contributed by atoms with van der Waals surface area (Å²) in [6, 6.07) is 26.8. The number of rotatable bonds is 5. The van der Waals surface area contributed by atoms with Crippen LogP contribution in [0.4, 0.5) is 22.7 Å². The van der Waals surface area contributed by atoms with Gasteiger partial charge in [0.05, 0.1) is 23.6 Å². The maximum Gasteiger partial charge on any atom is 0.349 e. The van der Waals surface area contributed by atoms with Crippen molar-refractivity contribution in [2.24, 2.45) is 4.99 Å². The minimum atomic E-state index is -0.268. The van der Waals surface area contributed by atoms with E-state index in [9.17, 15) is 0 Å². The molecular formula is C28H19N7S. The summed E-state index contributed by atoms with van der Waals surface area (Å²) in [5.41, 5.74) is 8.57. The number of aliphatic imine (C=N–C) groups is 1. The Balaban J connectivity index is 1.56. The van der Waals surface area contributed by atoms with Gasteiger partial charge in [0.2, 0.25) is 5.69 Å². The van der Waals surface area contributed by atoms with Crippen molar-refractivity contribution >= 4 is 51.3 Å². The highest BCUT2D eigenvalue weighted by molar-refractivity contribution is 7.00. The lowest BCUT2D eigenvalue weighted by Crippen LogP contribution is -2.09. The molecule has 0 saturated heterocycles. The summed E-state index contributed by atoms with van der Waals surface area (Å²) in [5, 5.41) is 9.05. The Morgan fingerprint density at radius 1 is 0.861 bits per heavy atom. The van der Waals surface area contributed by atoms with Crippen LogP contribution in [-0.2, 0) is 0 Å². The van der Waals surface area contributed by atoms with Crippen LogP contribution in [0.25, 0.3) is 27.1 Å². The fraction of sp³-hybridized carbons (Fsp3) is 0.0714. The van der Waals surface area contributed by atoms with Crippen LogP contribution in [0.15, 0.2) is 84.0 Å². The summed E-state index contributed by atoms with van der Waals surface area (Å²) >= 11 is 1.05. The van der Waals surface area contributed by atoms with Crippen LogP contribution in [0.2, 0.25) is 0 Å². The molecule has 0 saturated carbocycles. The number of benzene rings is 3. The molecule has 0 aliphatic heterocycles. The van der Waals surface area contributed by atoms with E-state index in [4.69, 9.17) is 11.8 Å². The van der Waals surface area contributed by atoms with Gasteiger partial charge in [-0.05, 0) is 50.2 Å². The van der Waals surface area contributed by atoms with Crippen molar-refractivity contribution in [2.45, 2.75) is 13.8 Å². The molecule has 8 heteroatoms. The Kier molecular flexibility index (Phi) is 6.19. The van der Waals surface area contributed by atoms with E-state index < -0.39 is 0 Å². The van der Waals surface area contributed by atoms with Crippen LogP contribution in [0.3, 0.4) is 0 Å². The summed E-state index contributed by atoms with van der Waals surface area (Å²) < 4.78 is 8.74. The highest BCUT2D eigenvalue weighted by Crippen LogP contribution is 2.37. The molecular weight excluding hydrogens is 466 g/mol. The second-order valence-corrected chi connectivity index (χ2v) is 8.69. The van der Waals surface area contributed by atoms with Gasteiger partial charge in [0.25, 0.3) is 0 Å². The monoisotopic (exact) mass is 485 g/mol. The van der Waals surface area contributed by atoms with E-state index in [0.717, 1.165) is 34.4 Å². The maximum atomic E-state index is 9.05. The summed E-state index contributed by atoms with van der Waals surface area (Å²) in [4.78, 5) is 14.0. The first-order valence-corrected chi connectivity index (χ1v) is 11.8. The number of hydrogen-bond donors (Lipinski definition) is 0. The normalized spacial score (nSPS) is 11.2. The molecule has 5 rings (SSSR count). The molecule has 0 amide bonds. The fourth-order valence-electron chi connectivity index (χ4n) is 3.85. The molecule has 172 valence electrons. The molecule has 2 aromatic heterocycles. The molecule has 36 heavy (non-hydrogen) atoms. The zero-order valence-corrected chi connectivity index (χ0v) is 20.4. The molecule has 3 aromatic carbocycles. The standard InChI is InChI=1S/C28H19N7S/c1-18-4-10-21(11-5-18)35(22-12-6-19(2)7-13-22)23-14-8-20(9-15-23)26-28-27(33-36-34-28)24(17-31-26)32-25(16-29)30-3/h4-15,17H,1-2H3. The Labute approximate surface area is 212 Å². The summed E-state index contributed by atoms with van der Waals surface area (Å²) in [5.74, 6) is -0.268. The van der Waals surface area contributed by atoms with Crippen molar-refractivity contribution in [1.29, 1.82) is 5.26 Å². The van der Waals surface area contributed by atoms with Crippen LogP contribution >= 0.6 is 11.7 Å². The molecule has 0 aliphatic rings. The number of aromatic nitrogens is 3. The lowest BCUT2D eigenvalue weighted by atomic mass is 10.1. The maximum absolute atomic E-state index is 9.05. The average Bonchev–Trinajstić information content (AvgIpc) is 3.41. The number of anilines is 3. The van der Waals surface area contributed by atoms with Crippen LogP contribution in [-0.4, -0.2) is 19.6 Å². The largest absolute Gasteiger partial charge is 0.351 e. The summed E-state index contributed by atoms with van der Waals surface area (Å²) in [6.45, 7) is 11.2. The Bertz CT molecular complexity index is 1590. The van der Waals surface area contributed by atoms with Gasteiger partial charge in [-0.25, -0.2) is 10.2 Å². The first-order valence-electron chi connectivity index (χ1n) is 11.1. The molecule has 0 atom stereocenters. The molecule has 0 aliphatic carbocycles. The number of nitriles is 1. The summed E-state index contributed by atoms with van der Waals surface area (Å²) in [6.07, 6.45) is 1.53. The average molecular weight is 486 g/mol. The third-order valence-electron chi connectivity index (χ3n) is 5.69. The lowest BCUT2D eigenvalue weighted by molar-refractivity contribution is 1.26. The molecule has 0 unspecified atom stereocenters. The van der Waals surface area contributed by atoms with Crippen molar-refractivity contribution in [3.8, 4) is 17.3 Å². The van der Waals surface area contributed by atoms with Gasteiger partial charge in [-0.1, -0.05) is 54.1 Å². The van der Waals surface area contributed by atoms with Crippen molar-refractivity contribution in [2.75, 3.05) is 4.90 Å². The van der Waals surface area contributed by atoms with Gasteiger partial charge >= 0.3 is 5.84 Å². The van der Waals surface area contributed by atoms with Crippen molar-refractivity contribution in [3.05, 3.63) is 102 Å². The SMILES string of the molecule is [C-]#[N+]C(C#N)=Nc1cnc(-c2ccc(N(c3ccc(C)cc3)c3ccc(C)cc3)cc2)c2nsnc12. The molecule has 5 aromatic rings. The van der Waals surface area contributed by atoms with Gasteiger partial charge in [0.1, 0.15) is 11.6 Å². The van der Waals surface area contributed by atoms with Gasteiger partial charge < -0.3 is 9.74 Å². The minimum Gasteiger partial charge on any atom is -0.351 e. The second-order valence-electron chi connectivity index (χ2n) is 8.17. The molecule has 0 fully saturated rings. The van der Waals surface area contributed by atoms with Crippen molar-refractivity contribution < 1.29 is 0 Å². The number of pyridine rings is 1. The number of hydrogen-bond acceptors (Lipinski definition) is 7. The van der Waals surface area contributed by atoms with Crippen molar-refractivity contribution in [1.82, 2.24) is 13.7 Å². The van der Waals surface area contributed by atoms with Crippen molar-refractivity contribution in [3.63, 3.8) is 0 Å². The zero-order chi connectivity index (χ0) is 25.1. The van der Waals surface area contributed by atoms with E-state index >= 15 is 0 Å². The predicted octanol–water partition coefficient (Wildman–Crippen LogP) is 7.31. The van der Waals surface area contributed by atoms with Gasteiger partial charge in [0.15, 0.2) is 5.52 Å². The molecule has 7 nitrogen and oxygen atoms in total. The van der Waals surface area contributed by atoms with E-state index in [-0.39, 0.29) is 5.84 Å². The minimum absolute atomic E-state index is 0.268. The highest BCUT2D eigenvalue weighted by Gasteiger charge is 2.18. The fourth-order valence-corrected chi connectivity index (χ4v) is 4.40. The molecule has 0 radical (unpaired) electrons. The van der Waals surface area contributed by atoms with Crippen LogP contribution in [0.1, 0.15) is 11.1 Å². The second kappa shape index (κ2) is 9.75. The van der Waals surface area contributed by atoms with Gasteiger partial charge in [0, 0.05) is 22.6 Å². The Hall–Kier alpha value is -4.92. The van der Waals surface area contributed by atoms with E-state index in [1.165, 1.54) is 17.3 Å². The third kappa shape index (κ3) is 4.41. The van der Waals surface area contributed by atoms with E-state index in [1.54, 1.807) is 6.07 Å². The summed E-state index contributed by atoms with van der Waals surface area (Å²) in [7, 11) is 0. The highest BCUT2D eigenvalue weighted by atomic mass is 32.1. The molecule has 0 N–H and O–H groups in total. The number of fused-ring (bicyclic) bond motifs is 1. The smallest absolute Gasteiger partial charge is 0.349 e. The van der Waals surface area contributed by atoms with Gasteiger partial charge in [-0.15, -0.1) is 4.99 Å².